The number of nitrogens with zero attached hydrogens (tertiary/aromatic N) is 2. The maximum absolute atomic E-state index is 11.4. The number of carbonyl (C=O) groups is 1. The van der Waals surface area contributed by atoms with Gasteiger partial charge in [-0.1, -0.05) is 11.6 Å². The fourth-order valence-corrected chi connectivity index (χ4v) is 3.72. The minimum atomic E-state index is -0.997. The number of fused-ring (bicyclic) bond motifs is 1. The molecule has 0 bridgehead atoms. The molecule has 0 aliphatic carbocycles. The molecule has 0 spiro atoms. The molecule has 7 nitrogen and oxygen atoms in total. The second kappa shape index (κ2) is 8.79. The Kier molecular flexibility index (Phi) is 5.92. The molecule has 3 N–H and O–H groups in total. The molecule has 0 saturated heterocycles. The lowest BCUT2D eigenvalue weighted by atomic mass is 10.2. The first-order valence-corrected chi connectivity index (χ1v) is 10.3. The molecule has 4 aromatic rings. The van der Waals surface area contributed by atoms with E-state index < -0.39 is 5.97 Å². The highest BCUT2D eigenvalue weighted by Gasteiger charge is 2.19. The van der Waals surface area contributed by atoms with Crippen molar-refractivity contribution in [1.82, 2.24) is 14.9 Å². The molecule has 0 aliphatic heterocycles. The van der Waals surface area contributed by atoms with Crippen molar-refractivity contribution in [3.63, 3.8) is 0 Å². The van der Waals surface area contributed by atoms with E-state index in [-0.39, 0.29) is 11.6 Å². The predicted octanol–water partition coefficient (Wildman–Crippen LogP) is 5.08. The summed E-state index contributed by atoms with van der Waals surface area (Å²) in [6.07, 6.45) is 1.61. The van der Waals surface area contributed by atoms with E-state index in [1.54, 1.807) is 36.6 Å². The van der Waals surface area contributed by atoms with Gasteiger partial charge in [-0.2, -0.15) is 0 Å². The Balaban J connectivity index is 1.63. The molecule has 0 fully saturated rings. The Morgan fingerprint density at radius 2 is 2.03 bits per heavy atom. The quantitative estimate of drug-likeness (QED) is 0.350. The van der Waals surface area contributed by atoms with E-state index in [0.29, 0.717) is 28.0 Å². The van der Waals surface area contributed by atoms with Crippen LogP contribution < -0.4 is 10.6 Å². The molecule has 0 amide bonds. The minimum absolute atomic E-state index is 0.183. The molecule has 158 valence electrons. The number of aromatic nitrogens is 2. The molecular formula is C22H19ClN4O3S. The number of anilines is 1. The van der Waals surface area contributed by atoms with Gasteiger partial charge in [-0.05, 0) is 73.7 Å². The fourth-order valence-electron chi connectivity index (χ4n) is 3.30. The van der Waals surface area contributed by atoms with Crippen LogP contribution in [0.5, 0.6) is 0 Å². The van der Waals surface area contributed by atoms with Gasteiger partial charge in [0, 0.05) is 10.7 Å². The summed E-state index contributed by atoms with van der Waals surface area (Å²) in [6.45, 7) is 2.39. The molecule has 1 atom stereocenters. The third kappa shape index (κ3) is 4.70. The molecule has 2 aromatic carbocycles. The topological polar surface area (TPSA) is 92.3 Å². The highest BCUT2D eigenvalue weighted by Crippen LogP contribution is 2.24. The number of rotatable bonds is 6. The maximum Gasteiger partial charge on any atom is 0.335 e. The molecule has 9 heteroatoms. The average Bonchev–Trinajstić information content (AvgIpc) is 3.37. The monoisotopic (exact) mass is 454 g/mol. The van der Waals surface area contributed by atoms with Gasteiger partial charge in [0.15, 0.2) is 5.11 Å². The van der Waals surface area contributed by atoms with Crippen LogP contribution in [0.3, 0.4) is 0 Å². The van der Waals surface area contributed by atoms with Gasteiger partial charge >= 0.3 is 5.97 Å². The summed E-state index contributed by atoms with van der Waals surface area (Å²) in [5.74, 6) is 0.467. The van der Waals surface area contributed by atoms with Crippen LogP contribution in [0.4, 0.5) is 5.69 Å². The van der Waals surface area contributed by atoms with Crippen LogP contribution in [-0.2, 0) is 6.54 Å². The van der Waals surface area contributed by atoms with Crippen molar-refractivity contribution in [3.8, 4) is 0 Å². The van der Waals surface area contributed by atoms with Gasteiger partial charge in [-0.15, -0.1) is 0 Å². The van der Waals surface area contributed by atoms with E-state index in [1.807, 2.05) is 35.8 Å². The van der Waals surface area contributed by atoms with Gasteiger partial charge in [0.05, 0.1) is 35.4 Å². The third-order valence-corrected chi connectivity index (χ3v) is 5.23. The Morgan fingerprint density at radius 1 is 1.26 bits per heavy atom. The smallest absolute Gasteiger partial charge is 0.335 e. The summed E-state index contributed by atoms with van der Waals surface area (Å²) in [7, 11) is 0. The van der Waals surface area contributed by atoms with Crippen molar-refractivity contribution in [2.75, 3.05) is 5.32 Å². The van der Waals surface area contributed by atoms with Crippen molar-refractivity contribution < 1.29 is 14.3 Å². The van der Waals surface area contributed by atoms with Crippen LogP contribution in [0.1, 0.15) is 34.9 Å². The molecule has 0 aliphatic rings. The van der Waals surface area contributed by atoms with E-state index in [9.17, 15) is 9.90 Å². The van der Waals surface area contributed by atoms with Crippen molar-refractivity contribution >= 4 is 51.6 Å². The Labute approximate surface area is 188 Å². The Hall–Kier alpha value is -3.36. The van der Waals surface area contributed by atoms with Gasteiger partial charge in [0.1, 0.15) is 11.6 Å². The number of carboxylic acids is 1. The number of aromatic carboxylic acids is 1. The van der Waals surface area contributed by atoms with Gasteiger partial charge in [-0.3, -0.25) is 0 Å². The lowest BCUT2D eigenvalue weighted by Crippen LogP contribution is -2.32. The van der Waals surface area contributed by atoms with E-state index in [2.05, 4.69) is 10.6 Å². The van der Waals surface area contributed by atoms with E-state index >= 15 is 0 Å². The first-order chi connectivity index (χ1) is 14.9. The molecule has 2 heterocycles. The van der Waals surface area contributed by atoms with E-state index in [1.165, 1.54) is 0 Å². The summed E-state index contributed by atoms with van der Waals surface area (Å²) >= 11 is 11.4. The number of furan rings is 1. The maximum atomic E-state index is 11.4. The predicted molar refractivity (Wildman–Crippen MR) is 124 cm³/mol. The minimum Gasteiger partial charge on any atom is -0.478 e. The van der Waals surface area contributed by atoms with Gasteiger partial charge < -0.3 is 24.7 Å². The zero-order valence-corrected chi connectivity index (χ0v) is 18.1. The lowest BCUT2D eigenvalue weighted by Gasteiger charge is -2.18. The van der Waals surface area contributed by atoms with Crippen molar-refractivity contribution in [3.05, 3.63) is 83.0 Å². The zero-order valence-electron chi connectivity index (χ0n) is 16.5. The first-order valence-electron chi connectivity index (χ1n) is 9.49. The summed E-state index contributed by atoms with van der Waals surface area (Å²) in [6, 6.07) is 15.6. The first kappa shape index (κ1) is 20.9. The number of thiocarbonyl (C=S) groups is 1. The van der Waals surface area contributed by atoms with Crippen molar-refractivity contribution in [2.24, 2.45) is 0 Å². The molecular weight excluding hydrogens is 436 g/mol. The molecule has 1 unspecified atom stereocenters. The molecule has 0 radical (unpaired) electrons. The number of hydrogen-bond donors (Lipinski definition) is 3. The standard InChI is InChI=1S/C22H19ClN4O3S/c1-13(24-22(31)25-16-7-5-15(23)6-8-16)20-26-18-11-14(21(28)29)4-9-19(18)27(20)12-17-3-2-10-30-17/h2-11,13H,12H2,1H3,(H,28,29)(H2,24,25,31). The van der Waals surface area contributed by atoms with Crippen LogP contribution in [0.15, 0.2) is 65.3 Å². The zero-order chi connectivity index (χ0) is 22.0. The summed E-state index contributed by atoms with van der Waals surface area (Å²) in [5, 5.41) is 16.7. The number of benzene rings is 2. The summed E-state index contributed by atoms with van der Waals surface area (Å²) < 4.78 is 7.50. The largest absolute Gasteiger partial charge is 0.478 e. The number of carboxylic acid groups (broad SMARTS) is 1. The van der Waals surface area contributed by atoms with Crippen LogP contribution in [0, 0.1) is 0 Å². The van der Waals surface area contributed by atoms with Crippen LogP contribution in [-0.4, -0.2) is 25.7 Å². The lowest BCUT2D eigenvalue weighted by molar-refractivity contribution is 0.0697. The second-order valence-corrected chi connectivity index (χ2v) is 7.82. The van der Waals surface area contributed by atoms with Crippen molar-refractivity contribution in [2.45, 2.75) is 19.5 Å². The van der Waals surface area contributed by atoms with Gasteiger partial charge in [-0.25, -0.2) is 9.78 Å². The van der Waals surface area contributed by atoms with E-state index in [4.69, 9.17) is 33.2 Å². The average molecular weight is 455 g/mol. The molecule has 0 saturated carbocycles. The highest BCUT2D eigenvalue weighted by molar-refractivity contribution is 7.80. The van der Waals surface area contributed by atoms with Crippen LogP contribution in [0.25, 0.3) is 11.0 Å². The van der Waals surface area contributed by atoms with Gasteiger partial charge in [0.2, 0.25) is 0 Å². The van der Waals surface area contributed by atoms with Crippen LogP contribution in [0.2, 0.25) is 5.02 Å². The number of imidazole rings is 1. The Morgan fingerprint density at radius 3 is 2.71 bits per heavy atom. The fraction of sp³-hybridized carbons (Fsp3) is 0.136. The third-order valence-electron chi connectivity index (χ3n) is 4.76. The summed E-state index contributed by atoms with van der Waals surface area (Å²) in [5.41, 5.74) is 2.39. The molecule has 31 heavy (non-hydrogen) atoms. The SMILES string of the molecule is CC(NC(=S)Nc1ccc(Cl)cc1)c1nc2cc(C(=O)O)ccc2n1Cc1ccco1. The van der Waals surface area contributed by atoms with Crippen molar-refractivity contribution in [1.29, 1.82) is 0 Å². The molecule has 4 rings (SSSR count). The highest BCUT2D eigenvalue weighted by atomic mass is 35.5. The van der Waals surface area contributed by atoms with Gasteiger partial charge in [0.25, 0.3) is 0 Å². The van der Waals surface area contributed by atoms with E-state index in [0.717, 1.165) is 17.0 Å². The number of hydrogen-bond acceptors (Lipinski definition) is 4. The van der Waals surface area contributed by atoms with Crippen LogP contribution >= 0.6 is 23.8 Å². The number of halogens is 1. The summed E-state index contributed by atoms with van der Waals surface area (Å²) in [4.78, 5) is 16.1. The Bertz CT molecular complexity index is 1240. The second-order valence-electron chi connectivity index (χ2n) is 6.97. The normalized spacial score (nSPS) is 11.9. The number of nitrogens with one attached hydrogen (secondary N) is 2. The molecule has 2 aromatic heterocycles.